The van der Waals surface area contributed by atoms with Gasteiger partial charge in [0.1, 0.15) is 5.69 Å². The van der Waals surface area contributed by atoms with Crippen molar-refractivity contribution in [1.82, 2.24) is 15.1 Å². The molecule has 28 heavy (non-hydrogen) atoms. The van der Waals surface area contributed by atoms with Gasteiger partial charge in [0.2, 0.25) is 0 Å². The van der Waals surface area contributed by atoms with Crippen molar-refractivity contribution in [1.29, 1.82) is 0 Å². The molecule has 5 nitrogen and oxygen atoms in total. The maximum atomic E-state index is 13.1. The fourth-order valence-corrected chi connectivity index (χ4v) is 4.17. The Bertz CT molecular complexity index is 1050. The Morgan fingerprint density at radius 3 is 2.64 bits per heavy atom. The lowest BCUT2D eigenvalue weighted by atomic mass is 9.89. The SMILES string of the molecule is O=C(c1ccc2ccccc2c1)C1CCCN(C(=O)c2cc(C3CC3)[nH]n2)C1. The van der Waals surface area contributed by atoms with Crippen molar-refractivity contribution in [2.45, 2.75) is 31.6 Å². The minimum Gasteiger partial charge on any atom is -0.337 e. The first-order valence-electron chi connectivity index (χ1n) is 10.1. The number of fused-ring (bicyclic) bond motifs is 1. The van der Waals surface area contributed by atoms with Gasteiger partial charge in [-0.15, -0.1) is 0 Å². The summed E-state index contributed by atoms with van der Waals surface area (Å²) in [4.78, 5) is 27.7. The van der Waals surface area contributed by atoms with Crippen molar-refractivity contribution in [2.75, 3.05) is 13.1 Å². The fourth-order valence-electron chi connectivity index (χ4n) is 4.17. The summed E-state index contributed by atoms with van der Waals surface area (Å²) in [6, 6.07) is 15.8. The second-order valence-corrected chi connectivity index (χ2v) is 8.00. The zero-order chi connectivity index (χ0) is 19.1. The number of amides is 1. The fraction of sp³-hybridized carbons (Fsp3) is 0.348. The van der Waals surface area contributed by atoms with Crippen molar-refractivity contribution < 1.29 is 9.59 Å². The highest BCUT2D eigenvalue weighted by Crippen LogP contribution is 2.39. The molecule has 5 heteroatoms. The van der Waals surface area contributed by atoms with Gasteiger partial charge in [-0.3, -0.25) is 14.7 Å². The molecule has 5 rings (SSSR count). The summed E-state index contributed by atoms with van der Waals surface area (Å²) in [6.45, 7) is 1.15. The Labute approximate surface area is 163 Å². The van der Waals surface area contributed by atoms with E-state index in [0.29, 0.717) is 24.7 Å². The maximum absolute atomic E-state index is 13.1. The van der Waals surface area contributed by atoms with E-state index in [9.17, 15) is 9.59 Å². The number of aromatic amines is 1. The Balaban J connectivity index is 1.32. The van der Waals surface area contributed by atoms with E-state index >= 15 is 0 Å². The number of H-pyrrole nitrogens is 1. The number of Topliss-reactive ketones (excluding diaryl/α,β-unsaturated/α-hetero) is 1. The second kappa shape index (κ2) is 6.89. The first-order chi connectivity index (χ1) is 13.7. The van der Waals surface area contributed by atoms with Crippen LogP contribution in [-0.4, -0.2) is 39.9 Å². The molecule has 142 valence electrons. The monoisotopic (exact) mass is 373 g/mol. The third kappa shape index (κ3) is 3.21. The molecule has 1 unspecified atom stereocenters. The van der Waals surface area contributed by atoms with Gasteiger partial charge < -0.3 is 4.90 Å². The minimum absolute atomic E-state index is 0.0702. The Kier molecular flexibility index (Phi) is 4.23. The van der Waals surface area contributed by atoms with Crippen LogP contribution in [0.4, 0.5) is 0 Å². The molecule has 2 heterocycles. The molecule has 1 saturated carbocycles. The van der Waals surface area contributed by atoms with Gasteiger partial charge in [0.25, 0.3) is 5.91 Å². The molecule has 1 aromatic heterocycles. The molecule has 1 N–H and O–H groups in total. The molecule has 0 bridgehead atoms. The van der Waals surface area contributed by atoms with Crippen molar-refractivity contribution in [3.63, 3.8) is 0 Å². The van der Waals surface area contributed by atoms with Crippen LogP contribution in [0.2, 0.25) is 0 Å². The Morgan fingerprint density at radius 2 is 1.82 bits per heavy atom. The topological polar surface area (TPSA) is 66.1 Å². The van der Waals surface area contributed by atoms with Crippen molar-refractivity contribution in [2.24, 2.45) is 5.92 Å². The summed E-state index contributed by atoms with van der Waals surface area (Å²) >= 11 is 0. The van der Waals surface area contributed by atoms with E-state index < -0.39 is 0 Å². The van der Waals surface area contributed by atoms with Crippen molar-refractivity contribution in [3.8, 4) is 0 Å². The Morgan fingerprint density at radius 1 is 1.00 bits per heavy atom. The van der Waals surface area contributed by atoms with Gasteiger partial charge >= 0.3 is 0 Å². The van der Waals surface area contributed by atoms with Gasteiger partial charge in [-0.05, 0) is 48.6 Å². The number of hydrogen-bond donors (Lipinski definition) is 1. The number of nitrogens with zero attached hydrogens (tertiary/aromatic N) is 2. The third-order valence-corrected chi connectivity index (χ3v) is 5.95. The first kappa shape index (κ1) is 17.2. The third-order valence-electron chi connectivity index (χ3n) is 5.95. The Hall–Kier alpha value is -2.95. The van der Waals surface area contributed by atoms with E-state index in [-0.39, 0.29) is 17.6 Å². The second-order valence-electron chi connectivity index (χ2n) is 8.00. The van der Waals surface area contributed by atoms with E-state index in [2.05, 4.69) is 10.2 Å². The van der Waals surface area contributed by atoms with Gasteiger partial charge in [-0.2, -0.15) is 5.10 Å². The molecule has 3 aromatic rings. The van der Waals surface area contributed by atoms with Crippen LogP contribution in [0.3, 0.4) is 0 Å². The van der Waals surface area contributed by atoms with Gasteiger partial charge in [-0.1, -0.05) is 36.4 Å². The van der Waals surface area contributed by atoms with E-state index in [1.807, 2.05) is 48.5 Å². The maximum Gasteiger partial charge on any atom is 0.274 e. The van der Waals surface area contributed by atoms with Crippen LogP contribution < -0.4 is 0 Å². The highest BCUT2D eigenvalue weighted by atomic mass is 16.2. The number of aromatic nitrogens is 2. The average Bonchev–Trinajstić information content (AvgIpc) is 3.49. The van der Waals surface area contributed by atoms with Gasteiger partial charge in [0.15, 0.2) is 5.78 Å². The molecule has 1 atom stereocenters. The van der Waals surface area contributed by atoms with E-state index in [0.717, 1.165) is 34.9 Å². The summed E-state index contributed by atoms with van der Waals surface area (Å²) in [7, 11) is 0. The standard InChI is InChI=1S/C23H23N3O2/c27-22(18-10-7-15-4-1-2-5-17(15)12-18)19-6-3-11-26(14-19)23(28)21-13-20(24-25-21)16-8-9-16/h1-2,4-5,7,10,12-13,16,19H,3,6,8-9,11,14H2,(H,24,25). The number of piperidine rings is 1. The summed E-state index contributed by atoms with van der Waals surface area (Å²) in [5, 5.41) is 9.41. The number of carbonyl (C=O) groups is 2. The highest BCUT2D eigenvalue weighted by molar-refractivity contribution is 6.02. The van der Waals surface area contributed by atoms with E-state index in [1.165, 1.54) is 12.8 Å². The lowest BCUT2D eigenvalue weighted by Crippen LogP contribution is -2.42. The van der Waals surface area contributed by atoms with Crippen LogP contribution in [0.15, 0.2) is 48.5 Å². The van der Waals surface area contributed by atoms with Crippen LogP contribution in [0.5, 0.6) is 0 Å². The summed E-state index contributed by atoms with van der Waals surface area (Å²) < 4.78 is 0. The largest absolute Gasteiger partial charge is 0.337 e. The molecule has 2 aliphatic rings. The van der Waals surface area contributed by atoms with Crippen LogP contribution in [0.25, 0.3) is 10.8 Å². The summed E-state index contributed by atoms with van der Waals surface area (Å²) in [5.74, 6) is 0.446. The predicted octanol–water partition coefficient (Wildman–Crippen LogP) is 4.18. The summed E-state index contributed by atoms with van der Waals surface area (Å²) in [6.07, 6.45) is 4.00. The molecule has 0 radical (unpaired) electrons. The number of rotatable bonds is 4. The van der Waals surface area contributed by atoms with Gasteiger partial charge in [0.05, 0.1) is 0 Å². The van der Waals surface area contributed by atoms with Gasteiger partial charge in [0, 0.05) is 36.2 Å². The lowest BCUT2D eigenvalue weighted by molar-refractivity contribution is 0.0632. The van der Waals surface area contributed by atoms with Crippen LogP contribution >= 0.6 is 0 Å². The minimum atomic E-state index is -0.152. The molecule has 1 amide bonds. The number of nitrogens with one attached hydrogen (secondary N) is 1. The number of benzene rings is 2. The van der Waals surface area contributed by atoms with Crippen molar-refractivity contribution in [3.05, 3.63) is 65.5 Å². The van der Waals surface area contributed by atoms with Gasteiger partial charge in [-0.25, -0.2) is 0 Å². The molecule has 1 aliphatic heterocycles. The molecule has 0 spiro atoms. The summed E-state index contributed by atoms with van der Waals surface area (Å²) in [5.41, 5.74) is 2.26. The number of carbonyl (C=O) groups excluding carboxylic acids is 2. The normalized spacial score (nSPS) is 19.7. The quantitative estimate of drug-likeness (QED) is 0.698. The number of likely N-dealkylation sites (tertiary alicyclic amines) is 1. The molecular formula is C23H23N3O2. The van der Waals surface area contributed by atoms with E-state index in [1.54, 1.807) is 4.90 Å². The van der Waals surface area contributed by atoms with Crippen LogP contribution in [0.1, 0.15) is 58.1 Å². The van der Waals surface area contributed by atoms with E-state index in [4.69, 9.17) is 0 Å². The molecule has 1 saturated heterocycles. The average molecular weight is 373 g/mol. The number of hydrogen-bond acceptors (Lipinski definition) is 3. The molecule has 2 fully saturated rings. The van der Waals surface area contributed by atoms with Crippen LogP contribution in [-0.2, 0) is 0 Å². The predicted molar refractivity (Wildman–Crippen MR) is 107 cm³/mol. The molecule has 2 aromatic carbocycles. The molecule has 1 aliphatic carbocycles. The zero-order valence-corrected chi connectivity index (χ0v) is 15.7. The zero-order valence-electron chi connectivity index (χ0n) is 15.7. The smallest absolute Gasteiger partial charge is 0.274 e. The van der Waals surface area contributed by atoms with Crippen molar-refractivity contribution >= 4 is 22.5 Å². The lowest BCUT2D eigenvalue weighted by Gasteiger charge is -2.31. The number of ketones is 1. The first-order valence-corrected chi connectivity index (χ1v) is 10.1. The molecular weight excluding hydrogens is 350 g/mol. The highest BCUT2D eigenvalue weighted by Gasteiger charge is 2.32. The van der Waals surface area contributed by atoms with Crippen LogP contribution in [0, 0.1) is 5.92 Å².